The van der Waals surface area contributed by atoms with E-state index in [1.165, 1.54) is 11.3 Å². The summed E-state index contributed by atoms with van der Waals surface area (Å²) in [6, 6.07) is 12.1. The van der Waals surface area contributed by atoms with Gasteiger partial charge in [0.1, 0.15) is 11.1 Å². The van der Waals surface area contributed by atoms with Gasteiger partial charge in [-0.3, -0.25) is 0 Å². The lowest BCUT2D eigenvalue weighted by Gasteiger charge is -1.99. The first-order valence-corrected chi connectivity index (χ1v) is 6.87. The maximum Gasteiger partial charge on any atom is 0.213 e. The summed E-state index contributed by atoms with van der Waals surface area (Å²) in [7, 11) is 0. The molecule has 0 saturated carbocycles. The second kappa shape index (κ2) is 4.48. The second-order valence-corrected chi connectivity index (χ2v) is 5.54. The Kier molecular flexibility index (Phi) is 2.80. The Bertz CT molecular complexity index is 762. The van der Waals surface area contributed by atoms with E-state index in [1.54, 1.807) is 4.52 Å². The van der Waals surface area contributed by atoms with E-state index in [2.05, 4.69) is 16.2 Å². The molecule has 0 N–H and O–H groups in total. The van der Waals surface area contributed by atoms with Crippen molar-refractivity contribution in [3.63, 3.8) is 0 Å². The molecule has 0 spiro atoms. The minimum absolute atomic E-state index is 0.226. The fourth-order valence-corrected chi connectivity index (χ4v) is 2.88. The third-order valence-corrected chi connectivity index (χ3v) is 3.86. The highest BCUT2D eigenvalue weighted by atomic mass is 32.1. The van der Waals surface area contributed by atoms with E-state index in [1.807, 2.05) is 44.2 Å². The molecule has 0 radical (unpaired) electrons. The first-order valence-electron chi connectivity index (χ1n) is 6.05. The molecule has 5 heteroatoms. The SMILES string of the molecule is CC(C)c1nc2sc(-c3ccccc3)nn2c1C#N. The highest BCUT2D eigenvalue weighted by Gasteiger charge is 2.18. The summed E-state index contributed by atoms with van der Waals surface area (Å²) >= 11 is 1.51. The standard InChI is InChI=1S/C14H12N4S/c1-9(2)12-11(8-15)18-14(16-12)19-13(17-18)10-6-4-3-5-7-10/h3-7,9H,1-2H3. The molecular weight excluding hydrogens is 256 g/mol. The maximum absolute atomic E-state index is 9.29. The first kappa shape index (κ1) is 11.9. The van der Waals surface area contributed by atoms with Crippen LogP contribution in [0.4, 0.5) is 0 Å². The summed E-state index contributed by atoms with van der Waals surface area (Å²) in [5, 5.41) is 14.7. The number of hydrogen-bond donors (Lipinski definition) is 0. The van der Waals surface area contributed by atoms with Crippen LogP contribution in [-0.2, 0) is 0 Å². The van der Waals surface area contributed by atoms with Gasteiger partial charge in [0.05, 0.1) is 5.69 Å². The van der Waals surface area contributed by atoms with Crippen LogP contribution >= 0.6 is 11.3 Å². The Morgan fingerprint density at radius 2 is 2.00 bits per heavy atom. The molecule has 0 aliphatic carbocycles. The molecule has 0 aliphatic rings. The van der Waals surface area contributed by atoms with Gasteiger partial charge in [0.25, 0.3) is 0 Å². The van der Waals surface area contributed by atoms with Crippen LogP contribution in [0, 0.1) is 11.3 Å². The van der Waals surface area contributed by atoms with Gasteiger partial charge >= 0.3 is 0 Å². The van der Waals surface area contributed by atoms with Gasteiger partial charge in [-0.2, -0.15) is 14.9 Å². The predicted molar refractivity (Wildman–Crippen MR) is 75.1 cm³/mol. The van der Waals surface area contributed by atoms with Crippen LogP contribution < -0.4 is 0 Å². The van der Waals surface area contributed by atoms with E-state index in [0.29, 0.717) is 5.69 Å². The summed E-state index contributed by atoms with van der Waals surface area (Å²) in [6.45, 7) is 4.07. The number of nitriles is 1. The number of aromatic nitrogens is 3. The van der Waals surface area contributed by atoms with E-state index < -0.39 is 0 Å². The van der Waals surface area contributed by atoms with Crippen molar-refractivity contribution in [3.8, 4) is 16.6 Å². The molecule has 0 aliphatic heterocycles. The molecule has 0 fully saturated rings. The molecule has 3 aromatic rings. The normalized spacial score (nSPS) is 11.1. The molecular formula is C14H12N4S. The molecule has 1 aromatic carbocycles. The van der Waals surface area contributed by atoms with Crippen LogP contribution in [0.25, 0.3) is 15.5 Å². The highest BCUT2D eigenvalue weighted by molar-refractivity contribution is 7.19. The van der Waals surface area contributed by atoms with Crippen molar-refractivity contribution in [1.82, 2.24) is 14.6 Å². The van der Waals surface area contributed by atoms with Gasteiger partial charge in [0.15, 0.2) is 5.69 Å². The van der Waals surface area contributed by atoms with Crippen LogP contribution in [0.1, 0.15) is 31.2 Å². The molecule has 0 unspecified atom stereocenters. The van der Waals surface area contributed by atoms with E-state index in [9.17, 15) is 5.26 Å². The number of imidazole rings is 1. The van der Waals surface area contributed by atoms with Crippen molar-refractivity contribution in [3.05, 3.63) is 41.7 Å². The van der Waals surface area contributed by atoms with E-state index in [4.69, 9.17) is 0 Å². The van der Waals surface area contributed by atoms with Gasteiger partial charge in [-0.15, -0.1) is 0 Å². The lowest BCUT2D eigenvalue weighted by Crippen LogP contribution is -1.95. The number of fused-ring (bicyclic) bond motifs is 1. The molecule has 4 nitrogen and oxygen atoms in total. The Morgan fingerprint density at radius 3 is 2.63 bits per heavy atom. The number of nitrogens with zero attached hydrogens (tertiary/aromatic N) is 4. The van der Waals surface area contributed by atoms with Crippen molar-refractivity contribution >= 4 is 16.3 Å². The molecule has 0 saturated heterocycles. The fraction of sp³-hybridized carbons (Fsp3) is 0.214. The van der Waals surface area contributed by atoms with Gasteiger partial charge in [-0.25, -0.2) is 4.98 Å². The van der Waals surface area contributed by atoms with Crippen LogP contribution in [-0.4, -0.2) is 14.6 Å². The molecule has 2 aromatic heterocycles. The lowest BCUT2D eigenvalue weighted by molar-refractivity contribution is 0.822. The zero-order valence-electron chi connectivity index (χ0n) is 10.7. The van der Waals surface area contributed by atoms with Crippen LogP contribution in [0.5, 0.6) is 0 Å². The molecule has 0 atom stereocenters. The van der Waals surface area contributed by atoms with E-state index in [0.717, 1.165) is 21.2 Å². The largest absolute Gasteiger partial charge is 0.221 e. The summed E-state index contributed by atoms with van der Waals surface area (Å²) in [6.07, 6.45) is 0. The van der Waals surface area contributed by atoms with E-state index in [-0.39, 0.29) is 5.92 Å². The zero-order chi connectivity index (χ0) is 13.4. The topological polar surface area (TPSA) is 54.0 Å². The number of rotatable bonds is 2. The zero-order valence-corrected chi connectivity index (χ0v) is 11.5. The van der Waals surface area contributed by atoms with Crippen LogP contribution in [0.15, 0.2) is 30.3 Å². The maximum atomic E-state index is 9.29. The predicted octanol–water partition coefficient (Wildman–Crippen LogP) is 3.45. The van der Waals surface area contributed by atoms with Crippen molar-refractivity contribution in [2.45, 2.75) is 19.8 Å². The second-order valence-electron chi connectivity index (χ2n) is 4.58. The molecule has 0 amide bonds. The Hall–Kier alpha value is -2.19. The molecule has 0 bridgehead atoms. The Morgan fingerprint density at radius 1 is 1.26 bits per heavy atom. The summed E-state index contributed by atoms with van der Waals surface area (Å²) in [5.74, 6) is 0.226. The number of benzene rings is 1. The highest BCUT2D eigenvalue weighted by Crippen LogP contribution is 2.28. The molecule has 19 heavy (non-hydrogen) atoms. The van der Waals surface area contributed by atoms with Crippen molar-refractivity contribution < 1.29 is 0 Å². The number of hydrogen-bond acceptors (Lipinski definition) is 4. The first-order chi connectivity index (χ1) is 9.20. The molecule has 2 heterocycles. The Balaban J connectivity index is 2.19. The average molecular weight is 268 g/mol. The van der Waals surface area contributed by atoms with Crippen LogP contribution in [0.2, 0.25) is 0 Å². The third-order valence-electron chi connectivity index (χ3n) is 2.90. The summed E-state index contributed by atoms with van der Waals surface area (Å²) in [4.78, 5) is 5.30. The molecule has 3 rings (SSSR count). The van der Waals surface area contributed by atoms with Crippen molar-refractivity contribution in [2.24, 2.45) is 0 Å². The van der Waals surface area contributed by atoms with Gasteiger partial charge in [-0.1, -0.05) is 55.5 Å². The lowest BCUT2D eigenvalue weighted by atomic mass is 10.1. The minimum atomic E-state index is 0.226. The van der Waals surface area contributed by atoms with Crippen molar-refractivity contribution in [1.29, 1.82) is 5.26 Å². The molecule has 94 valence electrons. The fourth-order valence-electron chi connectivity index (χ4n) is 1.97. The monoisotopic (exact) mass is 268 g/mol. The van der Waals surface area contributed by atoms with Gasteiger partial charge < -0.3 is 0 Å². The van der Waals surface area contributed by atoms with Crippen molar-refractivity contribution in [2.75, 3.05) is 0 Å². The van der Waals surface area contributed by atoms with Gasteiger partial charge in [0.2, 0.25) is 4.96 Å². The summed E-state index contributed by atoms with van der Waals surface area (Å²) < 4.78 is 1.66. The van der Waals surface area contributed by atoms with Gasteiger partial charge in [-0.05, 0) is 5.92 Å². The van der Waals surface area contributed by atoms with E-state index >= 15 is 0 Å². The average Bonchev–Trinajstić information content (AvgIpc) is 2.96. The summed E-state index contributed by atoms with van der Waals surface area (Å²) in [5.41, 5.74) is 2.41. The van der Waals surface area contributed by atoms with Crippen LogP contribution in [0.3, 0.4) is 0 Å². The smallest absolute Gasteiger partial charge is 0.213 e. The Labute approximate surface area is 115 Å². The van der Waals surface area contributed by atoms with Gasteiger partial charge in [0, 0.05) is 5.56 Å². The quantitative estimate of drug-likeness (QED) is 0.715. The minimum Gasteiger partial charge on any atom is -0.221 e. The third kappa shape index (κ3) is 1.90.